The number of esters is 1. The number of methoxy groups -OCH3 is 3. The number of benzene rings is 2. The summed E-state index contributed by atoms with van der Waals surface area (Å²) in [6, 6.07) is 11.4. The maximum absolute atomic E-state index is 12.6. The van der Waals surface area contributed by atoms with Gasteiger partial charge in [0, 0.05) is 29.2 Å². The first-order valence-corrected chi connectivity index (χ1v) is 11.2. The summed E-state index contributed by atoms with van der Waals surface area (Å²) in [4.78, 5) is 38.2. The maximum Gasteiger partial charge on any atom is 0.340 e. The second-order valence-corrected chi connectivity index (χ2v) is 8.17. The van der Waals surface area contributed by atoms with Gasteiger partial charge in [0.25, 0.3) is 5.91 Å². The quantitative estimate of drug-likeness (QED) is 0.366. The predicted molar refractivity (Wildman–Crippen MR) is 129 cm³/mol. The van der Waals surface area contributed by atoms with Crippen molar-refractivity contribution < 1.29 is 38.1 Å². The second kappa shape index (κ2) is 10.3. The van der Waals surface area contributed by atoms with Gasteiger partial charge in [-0.25, -0.2) is 4.79 Å². The SMILES string of the molecule is COC(=O)c1cc(OC)c(OC)cc1NC(=O)COc1ccc2c(c1)OC(=Cc1cccs1)C2=O. The highest BCUT2D eigenvalue weighted by Gasteiger charge is 2.28. The fourth-order valence-electron chi connectivity index (χ4n) is 3.36. The summed E-state index contributed by atoms with van der Waals surface area (Å²) in [7, 11) is 4.10. The Hall–Kier alpha value is -4.31. The molecule has 3 aromatic rings. The van der Waals surface area contributed by atoms with Gasteiger partial charge < -0.3 is 29.0 Å². The lowest BCUT2D eigenvalue weighted by atomic mass is 10.1. The van der Waals surface area contributed by atoms with Crippen molar-refractivity contribution in [3.8, 4) is 23.0 Å². The molecule has 0 fully saturated rings. The number of rotatable bonds is 8. The number of carbonyl (C=O) groups is 3. The van der Waals surface area contributed by atoms with Crippen LogP contribution < -0.4 is 24.3 Å². The summed E-state index contributed by atoms with van der Waals surface area (Å²) in [5.41, 5.74) is 0.681. The minimum atomic E-state index is -0.658. The first kappa shape index (κ1) is 23.8. The highest BCUT2D eigenvalue weighted by molar-refractivity contribution is 7.10. The van der Waals surface area contributed by atoms with Crippen molar-refractivity contribution in [1.82, 2.24) is 0 Å². The van der Waals surface area contributed by atoms with Crippen LogP contribution in [0.2, 0.25) is 0 Å². The topological polar surface area (TPSA) is 109 Å². The minimum absolute atomic E-state index is 0.0907. The molecule has 10 heteroatoms. The standard InChI is InChI=1S/C25H21NO8S/c1-30-20-11-17(25(29)32-3)18(12-21(20)31-2)26-23(27)13-33-14-6-7-16-19(9-14)34-22(24(16)28)10-15-5-4-8-35-15/h4-12H,13H2,1-3H3,(H,26,27). The first-order chi connectivity index (χ1) is 16.9. The molecule has 0 saturated carbocycles. The van der Waals surface area contributed by atoms with E-state index in [1.54, 1.807) is 24.3 Å². The van der Waals surface area contributed by atoms with Crippen LogP contribution >= 0.6 is 11.3 Å². The van der Waals surface area contributed by atoms with E-state index >= 15 is 0 Å². The molecule has 4 rings (SSSR count). The number of allylic oxidation sites excluding steroid dienone is 1. The van der Waals surface area contributed by atoms with Crippen molar-refractivity contribution in [3.05, 3.63) is 69.6 Å². The Bertz CT molecular complexity index is 1310. The summed E-state index contributed by atoms with van der Waals surface area (Å²) in [6.07, 6.45) is 1.68. The summed E-state index contributed by atoms with van der Waals surface area (Å²) in [5, 5.41) is 4.53. The van der Waals surface area contributed by atoms with Gasteiger partial charge in [-0.15, -0.1) is 11.3 Å². The molecule has 1 aliphatic heterocycles. The van der Waals surface area contributed by atoms with E-state index in [1.165, 1.54) is 44.8 Å². The van der Waals surface area contributed by atoms with Crippen LogP contribution in [0.5, 0.6) is 23.0 Å². The zero-order chi connectivity index (χ0) is 24.9. The molecule has 0 bridgehead atoms. The Labute approximate surface area is 204 Å². The molecule has 1 amide bonds. The molecule has 180 valence electrons. The maximum atomic E-state index is 12.6. The number of hydrogen-bond acceptors (Lipinski definition) is 9. The Morgan fingerprint density at radius 1 is 1.06 bits per heavy atom. The molecule has 0 aliphatic carbocycles. The van der Waals surface area contributed by atoms with Gasteiger partial charge in [-0.1, -0.05) is 6.07 Å². The summed E-state index contributed by atoms with van der Waals surface area (Å²) in [5.74, 6) is 0.133. The van der Waals surface area contributed by atoms with Crippen LogP contribution in [0.15, 0.2) is 53.6 Å². The summed E-state index contributed by atoms with van der Waals surface area (Å²) >= 11 is 1.49. The van der Waals surface area contributed by atoms with E-state index in [0.29, 0.717) is 28.6 Å². The average Bonchev–Trinajstić information content (AvgIpc) is 3.49. The van der Waals surface area contributed by atoms with Crippen LogP contribution in [0.1, 0.15) is 25.6 Å². The van der Waals surface area contributed by atoms with E-state index in [4.69, 9.17) is 23.7 Å². The van der Waals surface area contributed by atoms with E-state index < -0.39 is 11.9 Å². The van der Waals surface area contributed by atoms with E-state index in [2.05, 4.69) is 5.32 Å². The Morgan fingerprint density at radius 3 is 2.51 bits per heavy atom. The van der Waals surface area contributed by atoms with E-state index in [-0.39, 0.29) is 29.4 Å². The third kappa shape index (κ3) is 5.12. The van der Waals surface area contributed by atoms with Gasteiger partial charge in [0.2, 0.25) is 5.78 Å². The molecule has 0 radical (unpaired) electrons. The first-order valence-electron chi connectivity index (χ1n) is 10.3. The van der Waals surface area contributed by atoms with Crippen LogP contribution in [0.25, 0.3) is 6.08 Å². The highest BCUT2D eigenvalue weighted by atomic mass is 32.1. The molecule has 2 aromatic carbocycles. The van der Waals surface area contributed by atoms with Crippen LogP contribution in [0.3, 0.4) is 0 Å². The Kier molecular flexibility index (Phi) is 7.02. The lowest BCUT2D eigenvalue weighted by molar-refractivity contribution is -0.118. The van der Waals surface area contributed by atoms with E-state index in [9.17, 15) is 14.4 Å². The number of fused-ring (bicyclic) bond motifs is 1. The number of carbonyl (C=O) groups excluding carboxylic acids is 3. The Balaban J connectivity index is 1.45. The van der Waals surface area contributed by atoms with Crippen molar-refractivity contribution in [1.29, 1.82) is 0 Å². The zero-order valence-corrected chi connectivity index (χ0v) is 19.9. The number of amides is 1. The summed E-state index contributed by atoms with van der Waals surface area (Å²) < 4.78 is 26.5. The molecule has 2 heterocycles. The van der Waals surface area contributed by atoms with Gasteiger partial charge in [0.15, 0.2) is 23.9 Å². The lowest BCUT2D eigenvalue weighted by Crippen LogP contribution is -2.22. The monoisotopic (exact) mass is 495 g/mol. The van der Waals surface area contributed by atoms with Crippen LogP contribution in [0, 0.1) is 0 Å². The van der Waals surface area contributed by atoms with E-state index in [0.717, 1.165) is 4.88 Å². The zero-order valence-electron chi connectivity index (χ0n) is 19.1. The second-order valence-electron chi connectivity index (χ2n) is 7.19. The number of ether oxygens (including phenoxy) is 5. The number of hydrogen-bond donors (Lipinski definition) is 1. The van der Waals surface area contributed by atoms with Gasteiger partial charge in [-0.05, 0) is 23.6 Å². The van der Waals surface area contributed by atoms with Crippen LogP contribution in [-0.4, -0.2) is 45.6 Å². The third-order valence-electron chi connectivity index (χ3n) is 5.03. The average molecular weight is 496 g/mol. The molecule has 0 spiro atoms. The molecule has 9 nitrogen and oxygen atoms in total. The van der Waals surface area contributed by atoms with Gasteiger partial charge in [0.1, 0.15) is 11.5 Å². The smallest absolute Gasteiger partial charge is 0.340 e. The number of nitrogens with one attached hydrogen (secondary N) is 1. The molecule has 0 atom stereocenters. The van der Waals surface area contributed by atoms with Crippen molar-refractivity contribution in [2.45, 2.75) is 0 Å². The van der Waals surface area contributed by atoms with Crippen molar-refractivity contribution in [3.63, 3.8) is 0 Å². The van der Waals surface area contributed by atoms with Gasteiger partial charge in [0.05, 0.1) is 38.1 Å². The third-order valence-corrected chi connectivity index (χ3v) is 5.85. The Morgan fingerprint density at radius 2 is 1.83 bits per heavy atom. The highest BCUT2D eigenvalue weighted by Crippen LogP contribution is 2.36. The molecule has 35 heavy (non-hydrogen) atoms. The predicted octanol–water partition coefficient (Wildman–Crippen LogP) is 4.19. The van der Waals surface area contributed by atoms with Crippen molar-refractivity contribution in [2.24, 2.45) is 0 Å². The number of anilines is 1. The number of thiophene rings is 1. The number of ketones is 1. The summed E-state index contributed by atoms with van der Waals surface area (Å²) in [6.45, 7) is -0.362. The van der Waals surface area contributed by atoms with Crippen LogP contribution in [0.4, 0.5) is 5.69 Å². The van der Waals surface area contributed by atoms with Gasteiger partial charge in [-0.3, -0.25) is 9.59 Å². The van der Waals surface area contributed by atoms with Gasteiger partial charge >= 0.3 is 5.97 Å². The van der Waals surface area contributed by atoms with Crippen LogP contribution in [-0.2, 0) is 9.53 Å². The molecule has 1 aliphatic rings. The molecular weight excluding hydrogens is 474 g/mol. The number of Topliss-reactive ketones (excluding diaryl/α,β-unsaturated/α-hetero) is 1. The molecule has 0 saturated heterocycles. The minimum Gasteiger partial charge on any atom is -0.493 e. The largest absolute Gasteiger partial charge is 0.493 e. The van der Waals surface area contributed by atoms with Gasteiger partial charge in [-0.2, -0.15) is 0 Å². The molecule has 1 aromatic heterocycles. The molecule has 0 unspecified atom stereocenters. The normalized spacial score (nSPS) is 13.1. The fourth-order valence-corrected chi connectivity index (χ4v) is 4.00. The molecule has 1 N–H and O–H groups in total. The van der Waals surface area contributed by atoms with Crippen molar-refractivity contribution >= 4 is 40.8 Å². The fraction of sp³-hybridized carbons (Fsp3) is 0.160. The van der Waals surface area contributed by atoms with E-state index in [1.807, 2.05) is 17.5 Å². The molecular formula is C25H21NO8S. The van der Waals surface area contributed by atoms with Crippen molar-refractivity contribution in [2.75, 3.05) is 33.3 Å². The lowest BCUT2D eigenvalue weighted by Gasteiger charge is -2.15.